The molecule has 0 fully saturated rings. The van der Waals surface area contributed by atoms with Crippen LogP contribution in [0.25, 0.3) is 0 Å². The minimum atomic E-state index is -4.95. The van der Waals surface area contributed by atoms with Gasteiger partial charge in [0, 0.05) is 0 Å². The highest BCUT2D eigenvalue weighted by Crippen LogP contribution is 2.31. The van der Waals surface area contributed by atoms with E-state index in [1.165, 1.54) is 12.1 Å². The molecule has 0 radical (unpaired) electrons. The molecule has 0 aliphatic heterocycles. The molecule has 1 rings (SSSR count). The van der Waals surface area contributed by atoms with Crippen LogP contribution in [0.15, 0.2) is 29.2 Å². The lowest BCUT2D eigenvalue weighted by molar-refractivity contribution is 0.0619. The van der Waals surface area contributed by atoms with E-state index in [4.69, 9.17) is 0 Å². The normalized spacial score (nSPS) is 12.7. The van der Waals surface area contributed by atoms with E-state index in [0.717, 1.165) is 6.07 Å². The van der Waals surface area contributed by atoms with Gasteiger partial charge >= 0.3 is 5.25 Å². The lowest BCUT2D eigenvalue weighted by Gasteiger charge is -2.16. The summed E-state index contributed by atoms with van der Waals surface area (Å²) in [6.07, 6.45) is 0.978. The Morgan fingerprint density at radius 2 is 1.82 bits per heavy atom. The molecule has 2 nitrogen and oxygen atoms in total. The van der Waals surface area contributed by atoms with Crippen molar-refractivity contribution < 1.29 is 21.6 Å². The highest BCUT2D eigenvalue weighted by molar-refractivity contribution is 7.92. The highest BCUT2D eigenvalue weighted by atomic mass is 32.2. The smallest absolute Gasteiger partial charge is 0.243 e. The van der Waals surface area contributed by atoms with Crippen LogP contribution in [0.1, 0.15) is 18.9 Å². The van der Waals surface area contributed by atoms with Gasteiger partial charge in [-0.2, -0.15) is 8.78 Å². The van der Waals surface area contributed by atoms with Crippen molar-refractivity contribution in [2.45, 2.75) is 29.9 Å². The number of rotatable bonds is 5. The molecular weight excluding hydrogens is 253 g/mol. The van der Waals surface area contributed by atoms with Gasteiger partial charge in [0.25, 0.3) is 0 Å². The summed E-state index contributed by atoms with van der Waals surface area (Å²) in [5.74, 6) is 0. The van der Waals surface area contributed by atoms with E-state index in [-0.39, 0.29) is 0 Å². The standard InChI is InChI=1S/C11H13F3O2S/c1-2-5-9-6-3-4-7-10(9)17(15,16)11(13,14)8-12/h3-4,6-7H,2,5,8H2,1H3. The molecule has 6 heteroatoms. The number of hydrogen-bond donors (Lipinski definition) is 0. The first-order valence-corrected chi connectivity index (χ1v) is 6.61. The van der Waals surface area contributed by atoms with Gasteiger partial charge in [0.1, 0.15) is 0 Å². The van der Waals surface area contributed by atoms with Crippen molar-refractivity contribution in [2.75, 3.05) is 6.67 Å². The molecule has 17 heavy (non-hydrogen) atoms. The fourth-order valence-electron chi connectivity index (χ4n) is 1.47. The van der Waals surface area contributed by atoms with Crippen LogP contribution >= 0.6 is 0 Å². The van der Waals surface area contributed by atoms with Gasteiger partial charge < -0.3 is 0 Å². The van der Waals surface area contributed by atoms with Gasteiger partial charge in [0.15, 0.2) is 6.67 Å². The summed E-state index contributed by atoms with van der Waals surface area (Å²) < 4.78 is 61.5. The topological polar surface area (TPSA) is 34.1 Å². The molecule has 0 saturated carbocycles. The Morgan fingerprint density at radius 1 is 1.24 bits per heavy atom. The average molecular weight is 266 g/mol. The third-order valence-corrected chi connectivity index (χ3v) is 4.20. The zero-order valence-electron chi connectivity index (χ0n) is 9.29. The Labute approximate surface area is 98.4 Å². The Hall–Kier alpha value is -1.04. The predicted octanol–water partition coefficient (Wildman–Crippen LogP) is 2.98. The lowest BCUT2D eigenvalue weighted by atomic mass is 10.1. The first-order chi connectivity index (χ1) is 7.86. The van der Waals surface area contributed by atoms with E-state index >= 15 is 0 Å². The van der Waals surface area contributed by atoms with E-state index in [1.54, 1.807) is 13.0 Å². The molecule has 0 unspecified atom stereocenters. The summed E-state index contributed by atoms with van der Waals surface area (Å²) in [6.45, 7) is -0.410. The highest BCUT2D eigenvalue weighted by Gasteiger charge is 2.47. The van der Waals surface area contributed by atoms with Crippen LogP contribution in [0.5, 0.6) is 0 Å². The number of halogens is 3. The van der Waals surface area contributed by atoms with Crippen LogP contribution in [0.2, 0.25) is 0 Å². The maximum atomic E-state index is 13.1. The Kier molecular flexibility index (Phi) is 4.19. The van der Waals surface area contributed by atoms with Crippen LogP contribution in [0.4, 0.5) is 13.2 Å². The largest absolute Gasteiger partial charge is 0.377 e. The molecule has 0 bridgehead atoms. The van der Waals surface area contributed by atoms with E-state index in [1.807, 2.05) is 0 Å². The third kappa shape index (κ3) is 2.62. The molecule has 0 aliphatic rings. The second-order valence-electron chi connectivity index (χ2n) is 3.63. The van der Waals surface area contributed by atoms with Crippen LogP contribution in [-0.2, 0) is 16.3 Å². The number of benzene rings is 1. The first kappa shape index (κ1) is 14.0. The molecular formula is C11H13F3O2S. The van der Waals surface area contributed by atoms with Crippen molar-refractivity contribution in [3.05, 3.63) is 29.8 Å². The molecule has 0 amide bonds. The van der Waals surface area contributed by atoms with Crippen molar-refractivity contribution in [1.29, 1.82) is 0 Å². The Bertz CT molecular complexity index is 483. The molecule has 0 spiro atoms. The number of sulfone groups is 1. The molecule has 1 aromatic rings. The van der Waals surface area contributed by atoms with Crippen molar-refractivity contribution >= 4 is 9.84 Å². The van der Waals surface area contributed by atoms with Gasteiger partial charge in [-0.3, -0.25) is 0 Å². The zero-order chi connectivity index (χ0) is 13.1. The lowest BCUT2D eigenvalue weighted by Crippen LogP contribution is -2.31. The van der Waals surface area contributed by atoms with Crippen molar-refractivity contribution in [3.63, 3.8) is 0 Å². The van der Waals surface area contributed by atoms with Gasteiger partial charge in [0.2, 0.25) is 9.84 Å². The van der Waals surface area contributed by atoms with Gasteiger partial charge in [-0.05, 0) is 18.1 Å². The van der Waals surface area contributed by atoms with E-state index < -0.39 is 26.7 Å². The Morgan fingerprint density at radius 3 is 2.35 bits per heavy atom. The van der Waals surface area contributed by atoms with Gasteiger partial charge in [-0.25, -0.2) is 12.8 Å². The second kappa shape index (κ2) is 5.08. The fraction of sp³-hybridized carbons (Fsp3) is 0.455. The number of alkyl halides is 3. The number of hydrogen-bond acceptors (Lipinski definition) is 2. The summed E-state index contributed by atoms with van der Waals surface area (Å²) >= 11 is 0. The molecule has 0 aliphatic carbocycles. The van der Waals surface area contributed by atoms with Crippen LogP contribution in [0, 0.1) is 0 Å². The monoisotopic (exact) mass is 266 g/mol. The molecule has 0 atom stereocenters. The van der Waals surface area contributed by atoms with Crippen LogP contribution in [-0.4, -0.2) is 20.3 Å². The fourth-order valence-corrected chi connectivity index (χ4v) is 2.71. The second-order valence-corrected chi connectivity index (χ2v) is 5.68. The van der Waals surface area contributed by atoms with Crippen LogP contribution < -0.4 is 0 Å². The SMILES string of the molecule is CCCc1ccccc1S(=O)(=O)C(F)(F)CF. The van der Waals surface area contributed by atoms with Crippen molar-refractivity contribution in [3.8, 4) is 0 Å². The third-order valence-electron chi connectivity index (χ3n) is 2.33. The molecule has 0 heterocycles. The quantitative estimate of drug-likeness (QED) is 0.821. The molecule has 1 aromatic carbocycles. The minimum absolute atomic E-state index is 0.295. The summed E-state index contributed by atoms with van der Waals surface area (Å²) in [5.41, 5.74) is 0.295. The maximum Gasteiger partial charge on any atom is 0.377 e. The van der Waals surface area contributed by atoms with E-state index in [0.29, 0.717) is 18.4 Å². The molecule has 0 N–H and O–H groups in total. The summed E-state index contributed by atoms with van der Waals surface area (Å²) in [7, 11) is -4.95. The van der Waals surface area contributed by atoms with Crippen LogP contribution in [0.3, 0.4) is 0 Å². The summed E-state index contributed by atoms with van der Waals surface area (Å²) in [6, 6.07) is 5.46. The molecule has 96 valence electrons. The van der Waals surface area contributed by atoms with E-state index in [9.17, 15) is 21.6 Å². The average Bonchev–Trinajstić information content (AvgIpc) is 2.29. The predicted molar refractivity (Wildman–Crippen MR) is 58.5 cm³/mol. The van der Waals surface area contributed by atoms with Crippen molar-refractivity contribution in [1.82, 2.24) is 0 Å². The van der Waals surface area contributed by atoms with Crippen molar-refractivity contribution in [2.24, 2.45) is 0 Å². The maximum absolute atomic E-state index is 13.1. The zero-order valence-corrected chi connectivity index (χ0v) is 10.1. The van der Waals surface area contributed by atoms with Gasteiger partial charge in [-0.15, -0.1) is 0 Å². The molecule has 0 saturated heterocycles. The minimum Gasteiger partial charge on any atom is -0.243 e. The summed E-state index contributed by atoms with van der Waals surface area (Å²) in [4.78, 5) is -0.482. The Balaban J connectivity index is 3.34. The van der Waals surface area contributed by atoms with Gasteiger partial charge in [-0.1, -0.05) is 31.5 Å². The first-order valence-electron chi connectivity index (χ1n) is 5.13. The summed E-state index contributed by atoms with van der Waals surface area (Å²) in [5, 5.41) is -4.36. The number of aryl methyl sites for hydroxylation is 1. The van der Waals surface area contributed by atoms with Gasteiger partial charge in [0.05, 0.1) is 4.90 Å². The molecule has 0 aromatic heterocycles. The van der Waals surface area contributed by atoms with E-state index in [2.05, 4.69) is 0 Å².